The van der Waals surface area contributed by atoms with Crippen LogP contribution in [-0.4, -0.2) is 54.3 Å². The van der Waals surface area contributed by atoms with Crippen molar-refractivity contribution in [1.82, 2.24) is 9.80 Å². The van der Waals surface area contributed by atoms with Crippen molar-refractivity contribution >= 4 is 17.5 Å². The maximum atomic E-state index is 12.5. The lowest BCUT2D eigenvalue weighted by Crippen LogP contribution is -2.49. The number of rotatable bonds is 3. The summed E-state index contributed by atoms with van der Waals surface area (Å²) in [4.78, 5) is 26.8. The van der Waals surface area contributed by atoms with Crippen molar-refractivity contribution in [2.75, 3.05) is 38.0 Å². The Morgan fingerprint density at radius 2 is 1.65 bits per heavy atom. The first-order chi connectivity index (χ1) is 10.8. The Bertz CT molecular complexity index is 564. The van der Waals surface area contributed by atoms with Crippen molar-refractivity contribution in [2.45, 2.75) is 13.1 Å². The van der Waals surface area contributed by atoms with Crippen molar-refractivity contribution in [3.8, 4) is 0 Å². The first kappa shape index (κ1) is 17.3. The Morgan fingerprint density at radius 1 is 1.09 bits per heavy atom. The van der Waals surface area contributed by atoms with Crippen LogP contribution in [0.2, 0.25) is 0 Å². The van der Waals surface area contributed by atoms with Crippen LogP contribution in [0.25, 0.3) is 0 Å². The van der Waals surface area contributed by atoms with Gasteiger partial charge >= 0.3 is 6.18 Å². The van der Waals surface area contributed by atoms with Gasteiger partial charge in [-0.3, -0.25) is 14.5 Å². The summed E-state index contributed by atoms with van der Waals surface area (Å²) < 4.78 is 37.4. The van der Waals surface area contributed by atoms with Gasteiger partial charge in [0.1, 0.15) is 0 Å². The Kier molecular flexibility index (Phi) is 5.25. The first-order valence-corrected chi connectivity index (χ1v) is 7.20. The van der Waals surface area contributed by atoms with Crippen molar-refractivity contribution in [2.24, 2.45) is 0 Å². The van der Waals surface area contributed by atoms with Gasteiger partial charge in [0.25, 0.3) is 0 Å². The molecule has 0 atom stereocenters. The Hall–Kier alpha value is -2.09. The van der Waals surface area contributed by atoms with Crippen LogP contribution in [0.3, 0.4) is 0 Å². The first-order valence-electron chi connectivity index (χ1n) is 7.20. The number of nitrogens with zero attached hydrogens (tertiary/aromatic N) is 2. The second kappa shape index (κ2) is 6.99. The maximum Gasteiger partial charge on any atom is 0.416 e. The zero-order chi connectivity index (χ0) is 17.0. The molecule has 1 saturated heterocycles. The van der Waals surface area contributed by atoms with Crippen molar-refractivity contribution in [3.63, 3.8) is 0 Å². The van der Waals surface area contributed by atoms with Gasteiger partial charge in [-0.1, -0.05) is 0 Å². The smallest absolute Gasteiger partial charge is 0.340 e. The second-order valence-corrected chi connectivity index (χ2v) is 5.41. The molecule has 1 aliphatic rings. The lowest BCUT2D eigenvalue weighted by atomic mass is 10.2. The molecular formula is C15H18F3N3O2. The highest BCUT2D eigenvalue weighted by Gasteiger charge is 2.30. The molecule has 1 aromatic rings. The third-order valence-electron chi connectivity index (χ3n) is 3.68. The summed E-state index contributed by atoms with van der Waals surface area (Å²) in [6.45, 7) is 3.99. The van der Waals surface area contributed by atoms with Gasteiger partial charge in [0.15, 0.2) is 0 Å². The monoisotopic (exact) mass is 329 g/mol. The largest absolute Gasteiger partial charge is 0.416 e. The molecule has 0 aliphatic carbocycles. The third kappa shape index (κ3) is 4.95. The van der Waals surface area contributed by atoms with E-state index in [1.807, 2.05) is 4.90 Å². The zero-order valence-electron chi connectivity index (χ0n) is 12.7. The highest BCUT2D eigenvalue weighted by atomic mass is 19.4. The quantitative estimate of drug-likeness (QED) is 0.920. The normalized spacial score (nSPS) is 16.3. The number of anilines is 1. The van der Waals surface area contributed by atoms with Crippen molar-refractivity contribution in [1.29, 1.82) is 0 Å². The number of alkyl halides is 3. The topological polar surface area (TPSA) is 52.7 Å². The van der Waals surface area contributed by atoms with Crippen LogP contribution >= 0.6 is 0 Å². The molecule has 5 nitrogen and oxygen atoms in total. The molecule has 0 spiro atoms. The fourth-order valence-corrected chi connectivity index (χ4v) is 2.37. The Balaban J connectivity index is 1.82. The summed E-state index contributed by atoms with van der Waals surface area (Å²) in [5.41, 5.74) is -0.429. The van der Waals surface area contributed by atoms with Gasteiger partial charge in [0, 0.05) is 38.8 Å². The minimum absolute atomic E-state index is 0.0128. The van der Waals surface area contributed by atoms with Crippen LogP contribution in [-0.2, 0) is 15.8 Å². The van der Waals surface area contributed by atoms with E-state index >= 15 is 0 Å². The molecule has 1 aromatic carbocycles. The molecule has 8 heteroatoms. The molecule has 2 rings (SSSR count). The van der Waals surface area contributed by atoms with Crippen LogP contribution in [0.5, 0.6) is 0 Å². The van der Waals surface area contributed by atoms with E-state index in [0.29, 0.717) is 31.9 Å². The van der Waals surface area contributed by atoms with Gasteiger partial charge in [-0.2, -0.15) is 13.2 Å². The predicted molar refractivity (Wildman–Crippen MR) is 78.8 cm³/mol. The van der Waals surface area contributed by atoms with Gasteiger partial charge in [0.05, 0.1) is 12.1 Å². The molecule has 1 aliphatic heterocycles. The fourth-order valence-electron chi connectivity index (χ4n) is 2.37. The number of hydrogen-bond donors (Lipinski definition) is 1. The maximum absolute atomic E-state index is 12.5. The molecule has 0 bridgehead atoms. The number of benzene rings is 1. The van der Waals surface area contributed by atoms with Crippen molar-refractivity contribution in [3.05, 3.63) is 29.8 Å². The number of carbonyl (C=O) groups excluding carboxylic acids is 2. The van der Waals surface area contributed by atoms with E-state index in [4.69, 9.17) is 0 Å². The van der Waals surface area contributed by atoms with Crippen molar-refractivity contribution < 1.29 is 22.8 Å². The van der Waals surface area contributed by atoms with Crippen LogP contribution in [0.15, 0.2) is 24.3 Å². The van der Waals surface area contributed by atoms with E-state index < -0.39 is 11.7 Å². The molecule has 1 heterocycles. The van der Waals surface area contributed by atoms with Crippen LogP contribution in [0.4, 0.5) is 18.9 Å². The number of halogens is 3. The molecule has 23 heavy (non-hydrogen) atoms. The lowest BCUT2D eigenvalue weighted by molar-refractivity contribution is -0.137. The molecular weight excluding hydrogens is 311 g/mol. The summed E-state index contributed by atoms with van der Waals surface area (Å²) in [5.74, 6) is -0.278. The van der Waals surface area contributed by atoms with Gasteiger partial charge in [-0.15, -0.1) is 0 Å². The van der Waals surface area contributed by atoms with Crippen LogP contribution in [0, 0.1) is 0 Å². The van der Waals surface area contributed by atoms with Gasteiger partial charge in [-0.05, 0) is 24.3 Å². The molecule has 2 amide bonds. The van der Waals surface area contributed by atoms with E-state index in [1.165, 1.54) is 19.1 Å². The van der Waals surface area contributed by atoms with E-state index in [0.717, 1.165) is 12.1 Å². The highest BCUT2D eigenvalue weighted by molar-refractivity contribution is 5.92. The highest BCUT2D eigenvalue weighted by Crippen LogP contribution is 2.29. The summed E-state index contributed by atoms with van der Waals surface area (Å²) in [6.07, 6.45) is -4.39. The molecule has 0 saturated carbocycles. The van der Waals surface area contributed by atoms with Crippen LogP contribution < -0.4 is 5.32 Å². The van der Waals surface area contributed by atoms with E-state index in [2.05, 4.69) is 5.32 Å². The fraction of sp³-hybridized carbons (Fsp3) is 0.467. The Morgan fingerprint density at radius 3 is 2.13 bits per heavy atom. The number of nitrogens with one attached hydrogen (secondary N) is 1. The standard InChI is InChI=1S/C15H18F3N3O2/c1-11(22)21-8-6-20(7-9-21)10-14(23)19-13-4-2-12(3-5-13)15(16,17)18/h2-5H,6-10H2,1H3,(H,19,23). The minimum atomic E-state index is -4.39. The third-order valence-corrected chi connectivity index (χ3v) is 3.68. The molecule has 1 N–H and O–H groups in total. The Labute approximate surface area is 132 Å². The molecule has 0 aromatic heterocycles. The molecule has 1 fully saturated rings. The summed E-state index contributed by atoms with van der Waals surface area (Å²) in [5, 5.41) is 2.57. The summed E-state index contributed by atoms with van der Waals surface area (Å²) in [6, 6.07) is 4.32. The number of hydrogen-bond acceptors (Lipinski definition) is 3. The summed E-state index contributed by atoms with van der Waals surface area (Å²) in [7, 11) is 0. The van der Waals surface area contributed by atoms with E-state index in [-0.39, 0.29) is 18.4 Å². The van der Waals surface area contributed by atoms with Crippen LogP contribution in [0.1, 0.15) is 12.5 Å². The number of carbonyl (C=O) groups is 2. The number of piperazine rings is 1. The van der Waals surface area contributed by atoms with E-state index in [9.17, 15) is 22.8 Å². The average Bonchev–Trinajstić information content (AvgIpc) is 2.47. The molecule has 0 unspecified atom stereocenters. The molecule has 126 valence electrons. The minimum Gasteiger partial charge on any atom is -0.340 e. The predicted octanol–water partition coefficient (Wildman–Crippen LogP) is 1.81. The number of amides is 2. The van der Waals surface area contributed by atoms with Gasteiger partial charge in [-0.25, -0.2) is 0 Å². The molecule has 0 radical (unpaired) electrons. The van der Waals surface area contributed by atoms with Gasteiger partial charge < -0.3 is 10.2 Å². The van der Waals surface area contributed by atoms with Gasteiger partial charge in [0.2, 0.25) is 11.8 Å². The average molecular weight is 329 g/mol. The van der Waals surface area contributed by atoms with E-state index in [1.54, 1.807) is 4.90 Å². The SMILES string of the molecule is CC(=O)N1CCN(CC(=O)Nc2ccc(C(F)(F)F)cc2)CC1. The summed E-state index contributed by atoms with van der Waals surface area (Å²) >= 11 is 0. The lowest BCUT2D eigenvalue weighted by Gasteiger charge is -2.33. The zero-order valence-corrected chi connectivity index (χ0v) is 12.7. The second-order valence-electron chi connectivity index (χ2n) is 5.41.